The Bertz CT molecular complexity index is 282. The largest absolute Gasteiger partial charge is 0.395 e. The van der Waals surface area contributed by atoms with Gasteiger partial charge in [0.1, 0.15) is 5.01 Å². The van der Waals surface area contributed by atoms with E-state index in [0.29, 0.717) is 6.54 Å². The van der Waals surface area contributed by atoms with Crippen LogP contribution in [0.1, 0.15) is 16.8 Å². The van der Waals surface area contributed by atoms with Crippen LogP contribution in [-0.2, 0) is 13.0 Å². The van der Waals surface area contributed by atoms with Crippen molar-refractivity contribution >= 4 is 11.3 Å². The molecule has 0 saturated heterocycles. The minimum atomic E-state index is -4.16. The van der Waals surface area contributed by atoms with E-state index in [2.05, 4.69) is 10.3 Å². The standard InChI is InChI=1S/C8H11F3N2S/c1-2-12-4-6-5-13-7(14-6)3-8(9,10)11/h5,12H,2-4H2,1H3. The molecule has 14 heavy (non-hydrogen) atoms. The number of hydrogen-bond donors (Lipinski definition) is 1. The Hall–Kier alpha value is -0.620. The van der Waals surface area contributed by atoms with E-state index >= 15 is 0 Å². The van der Waals surface area contributed by atoms with Crippen LogP contribution in [0.4, 0.5) is 13.2 Å². The molecule has 0 unspecified atom stereocenters. The van der Waals surface area contributed by atoms with Crippen molar-refractivity contribution in [1.82, 2.24) is 10.3 Å². The monoisotopic (exact) mass is 224 g/mol. The molecule has 1 aromatic rings. The van der Waals surface area contributed by atoms with Crippen molar-refractivity contribution in [3.8, 4) is 0 Å². The molecule has 1 N–H and O–H groups in total. The molecule has 0 aromatic carbocycles. The summed E-state index contributed by atoms with van der Waals surface area (Å²) in [5.41, 5.74) is 0. The zero-order valence-electron chi connectivity index (χ0n) is 7.69. The second-order valence-corrected chi connectivity index (χ2v) is 3.99. The number of halogens is 3. The molecule has 1 heterocycles. The smallest absolute Gasteiger partial charge is 0.312 e. The van der Waals surface area contributed by atoms with Crippen LogP contribution in [0.25, 0.3) is 0 Å². The highest BCUT2D eigenvalue weighted by Crippen LogP contribution is 2.24. The van der Waals surface area contributed by atoms with E-state index in [1.807, 2.05) is 6.92 Å². The first-order valence-electron chi connectivity index (χ1n) is 4.22. The Morgan fingerprint density at radius 2 is 2.21 bits per heavy atom. The van der Waals surface area contributed by atoms with Crippen molar-refractivity contribution in [3.63, 3.8) is 0 Å². The van der Waals surface area contributed by atoms with E-state index in [4.69, 9.17) is 0 Å². The van der Waals surface area contributed by atoms with E-state index in [9.17, 15) is 13.2 Å². The second-order valence-electron chi connectivity index (χ2n) is 2.79. The topological polar surface area (TPSA) is 24.9 Å². The van der Waals surface area contributed by atoms with Crippen LogP contribution in [0, 0.1) is 0 Å². The van der Waals surface area contributed by atoms with Crippen molar-refractivity contribution in [1.29, 1.82) is 0 Å². The molecule has 0 saturated carbocycles. The molecule has 6 heteroatoms. The van der Waals surface area contributed by atoms with E-state index in [-0.39, 0.29) is 5.01 Å². The van der Waals surface area contributed by atoms with Gasteiger partial charge in [0.2, 0.25) is 0 Å². The third kappa shape index (κ3) is 4.06. The number of nitrogens with one attached hydrogen (secondary N) is 1. The number of alkyl halides is 3. The predicted molar refractivity (Wildman–Crippen MR) is 49.3 cm³/mol. The first-order chi connectivity index (χ1) is 6.51. The minimum Gasteiger partial charge on any atom is -0.312 e. The molecule has 0 amide bonds. The molecular weight excluding hydrogens is 213 g/mol. The number of thiazole rings is 1. The van der Waals surface area contributed by atoms with Crippen LogP contribution in [0.15, 0.2) is 6.20 Å². The van der Waals surface area contributed by atoms with Gasteiger partial charge in [-0.05, 0) is 6.54 Å². The van der Waals surface area contributed by atoms with E-state index in [1.165, 1.54) is 6.20 Å². The molecule has 0 fully saturated rings. The highest BCUT2D eigenvalue weighted by atomic mass is 32.1. The van der Waals surface area contributed by atoms with Gasteiger partial charge in [-0.25, -0.2) is 4.98 Å². The van der Waals surface area contributed by atoms with Crippen LogP contribution in [0.3, 0.4) is 0 Å². The Morgan fingerprint density at radius 1 is 1.50 bits per heavy atom. The Kier molecular flexibility index (Phi) is 3.88. The van der Waals surface area contributed by atoms with Gasteiger partial charge in [-0.2, -0.15) is 13.2 Å². The van der Waals surface area contributed by atoms with E-state index < -0.39 is 12.6 Å². The molecule has 0 aliphatic carbocycles. The highest BCUT2D eigenvalue weighted by Gasteiger charge is 2.29. The van der Waals surface area contributed by atoms with Crippen LogP contribution in [-0.4, -0.2) is 17.7 Å². The van der Waals surface area contributed by atoms with Crippen molar-refractivity contribution < 1.29 is 13.2 Å². The lowest BCUT2D eigenvalue weighted by Gasteiger charge is -2.01. The van der Waals surface area contributed by atoms with Crippen molar-refractivity contribution in [2.24, 2.45) is 0 Å². The summed E-state index contributed by atoms with van der Waals surface area (Å²) in [5, 5.41) is 3.16. The maximum Gasteiger partial charge on any atom is 0.395 e. The molecular formula is C8H11F3N2S. The molecule has 0 spiro atoms. The third-order valence-electron chi connectivity index (χ3n) is 1.50. The molecule has 0 atom stereocenters. The quantitative estimate of drug-likeness (QED) is 0.849. The first kappa shape index (κ1) is 11.5. The van der Waals surface area contributed by atoms with Gasteiger partial charge in [-0.15, -0.1) is 11.3 Å². The average Bonchev–Trinajstić information content (AvgIpc) is 2.46. The van der Waals surface area contributed by atoms with Crippen LogP contribution in [0.5, 0.6) is 0 Å². The SMILES string of the molecule is CCNCc1cnc(CC(F)(F)F)s1. The van der Waals surface area contributed by atoms with Gasteiger partial charge in [-0.1, -0.05) is 6.92 Å². The Morgan fingerprint density at radius 3 is 2.79 bits per heavy atom. The summed E-state index contributed by atoms with van der Waals surface area (Å²) in [7, 11) is 0. The number of aromatic nitrogens is 1. The Balaban J connectivity index is 2.51. The average molecular weight is 224 g/mol. The summed E-state index contributed by atoms with van der Waals surface area (Å²) in [6.07, 6.45) is -3.59. The molecule has 0 aliphatic heterocycles. The molecule has 0 aliphatic rings. The van der Waals surface area contributed by atoms with Gasteiger partial charge in [-0.3, -0.25) is 0 Å². The highest BCUT2D eigenvalue weighted by molar-refractivity contribution is 7.11. The second kappa shape index (κ2) is 4.75. The fourth-order valence-electron chi connectivity index (χ4n) is 0.931. The summed E-state index contributed by atoms with van der Waals surface area (Å²) in [6, 6.07) is 0. The summed E-state index contributed by atoms with van der Waals surface area (Å²) in [5.74, 6) is 0. The van der Waals surface area contributed by atoms with Gasteiger partial charge in [0.25, 0.3) is 0 Å². The summed E-state index contributed by atoms with van der Waals surface area (Å²) < 4.78 is 35.9. The van der Waals surface area contributed by atoms with Crippen molar-refractivity contribution in [2.75, 3.05) is 6.54 Å². The summed E-state index contributed by atoms with van der Waals surface area (Å²) >= 11 is 1.11. The summed E-state index contributed by atoms with van der Waals surface area (Å²) in [6.45, 7) is 3.33. The van der Waals surface area contributed by atoms with Crippen LogP contribution >= 0.6 is 11.3 Å². The molecule has 0 radical (unpaired) electrons. The van der Waals surface area contributed by atoms with E-state index in [0.717, 1.165) is 22.8 Å². The van der Waals surface area contributed by atoms with Crippen LogP contribution < -0.4 is 5.32 Å². The number of rotatable bonds is 4. The normalized spacial score (nSPS) is 12.0. The first-order valence-corrected chi connectivity index (χ1v) is 5.04. The van der Waals surface area contributed by atoms with Crippen molar-refractivity contribution in [2.45, 2.75) is 26.1 Å². The molecule has 80 valence electrons. The minimum absolute atomic E-state index is 0.130. The molecule has 0 bridgehead atoms. The lowest BCUT2D eigenvalue weighted by Crippen LogP contribution is -2.11. The van der Waals surface area contributed by atoms with E-state index in [1.54, 1.807) is 0 Å². The van der Waals surface area contributed by atoms with Gasteiger partial charge in [0.05, 0.1) is 6.42 Å². The van der Waals surface area contributed by atoms with Gasteiger partial charge in [0, 0.05) is 17.6 Å². The molecule has 1 rings (SSSR count). The predicted octanol–water partition coefficient (Wildman–Crippen LogP) is 2.36. The third-order valence-corrected chi connectivity index (χ3v) is 2.50. The fourth-order valence-corrected chi connectivity index (χ4v) is 1.85. The maximum absolute atomic E-state index is 12.0. The fraction of sp³-hybridized carbons (Fsp3) is 0.625. The number of nitrogens with zero attached hydrogens (tertiary/aromatic N) is 1. The zero-order chi connectivity index (χ0) is 10.6. The molecule has 1 aromatic heterocycles. The lowest BCUT2D eigenvalue weighted by molar-refractivity contribution is -0.127. The lowest BCUT2D eigenvalue weighted by atomic mass is 10.4. The zero-order valence-corrected chi connectivity index (χ0v) is 8.50. The van der Waals surface area contributed by atoms with Crippen molar-refractivity contribution in [3.05, 3.63) is 16.1 Å². The Labute approximate surface area is 84.2 Å². The number of hydrogen-bond acceptors (Lipinski definition) is 3. The molecule has 2 nitrogen and oxygen atoms in total. The summed E-state index contributed by atoms with van der Waals surface area (Å²) in [4.78, 5) is 4.55. The van der Waals surface area contributed by atoms with Crippen LogP contribution in [0.2, 0.25) is 0 Å². The van der Waals surface area contributed by atoms with Gasteiger partial charge >= 0.3 is 6.18 Å². The van der Waals surface area contributed by atoms with Gasteiger partial charge in [0.15, 0.2) is 0 Å². The maximum atomic E-state index is 12.0. The van der Waals surface area contributed by atoms with Gasteiger partial charge < -0.3 is 5.32 Å².